The quantitative estimate of drug-likeness (QED) is 0.876. The third-order valence-electron chi connectivity index (χ3n) is 4.67. The van der Waals surface area contributed by atoms with Crippen LogP contribution in [-0.2, 0) is 0 Å². The second-order valence-corrected chi connectivity index (χ2v) is 6.45. The number of carbonyl (C=O) groups excluding carboxylic acids is 2. The van der Waals surface area contributed by atoms with E-state index in [2.05, 4.69) is 5.32 Å². The van der Waals surface area contributed by atoms with Crippen molar-refractivity contribution < 1.29 is 19.1 Å². The molecular formula is C21H24N2O4. The van der Waals surface area contributed by atoms with E-state index in [4.69, 9.17) is 9.47 Å². The van der Waals surface area contributed by atoms with E-state index in [9.17, 15) is 9.59 Å². The Balaban J connectivity index is 1.78. The molecule has 27 heavy (non-hydrogen) atoms. The van der Waals surface area contributed by atoms with E-state index < -0.39 is 0 Å². The van der Waals surface area contributed by atoms with Gasteiger partial charge in [0.05, 0.1) is 19.9 Å². The zero-order valence-corrected chi connectivity index (χ0v) is 15.7. The Morgan fingerprint density at radius 3 is 2.37 bits per heavy atom. The van der Waals surface area contributed by atoms with Crippen LogP contribution in [0.15, 0.2) is 42.5 Å². The summed E-state index contributed by atoms with van der Waals surface area (Å²) >= 11 is 0. The molecule has 1 fully saturated rings. The summed E-state index contributed by atoms with van der Waals surface area (Å²) in [5, 5.41) is 2.83. The molecule has 2 amide bonds. The standard InChI is InChI=1S/C21H24N2O4/c1-26-17-9-10-19(27-2)18(14-17)22-20(24)15-7-6-8-16(13-15)21(25)23-11-4-3-5-12-23/h6-10,13-14H,3-5,11-12H2,1-2H3,(H,22,24). The summed E-state index contributed by atoms with van der Waals surface area (Å²) in [6, 6.07) is 12.0. The molecule has 0 aromatic heterocycles. The lowest BCUT2D eigenvalue weighted by atomic mass is 10.1. The lowest BCUT2D eigenvalue weighted by molar-refractivity contribution is 0.0724. The maximum atomic E-state index is 12.7. The first-order valence-corrected chi connectivity index (χ1v) is 9.05. The number of nitrogens with zero attached hydrogens (tertiary/aromatic N) is 1. The molecule has 2 aromatic rings. The summed E-state index contributed by atoms with van der Waals surface area (Å²) < 4.78 is 10.5. The van der Waals surface area contributed by atoms with Crippen molar-refractivity contribution >= 4 is 17.5 Å². The third-order valence-corrected chi connectivity index (χ3v) is 4.67. The van der Waals surface area contributed by atoms with Gasteiger partial charge < -0.3 is 19.7 Å². The normalized spacial score (nSPS) is 13.8. The Morgan fingerprint density at radius 2 is 1.67 bits per heavy atom. The molecule has 142 valence electrons. The molecule has 0 atom stereocenters. The first-order valence-electron chi connectivity index (χ1n) is 9.05. The summed E-state index contributed by atoms with van der Waals surface area (Å²) in [6.07, 6.45) is 3.22. The van der Waals surface area contributed by atoms with E-state index in [-0.39, 0.29) is 11.8 Å². The van der Waals surface area contributed by atoms with Gasteiger partial charge in [0.15, 0.2) is 0 Å². The van der Waals surface area contributed by atoms with Gasteiger partial charge in [0.1, 0.15) is 11.5 Å². The van der Waals surface area contributed by atoms with E-state index in [0.29, 0.717) is 28.3 Å². The molecule has 0 spiro atoms. The van der Waals surface area contributed by atoms with Crippen LogP contribution in [0.1, 0.15) is 40.0 Å². The van der Waals surface area contributed by atoms with Crippen molar-refractivity contribution in [2.75, 3.05) is 32.6 Å². The highest BCUT2D eigenvalue weighted by Gasteiger charge is 2.19. The van der Waals surface area contributed by atoms with Gasteiger partial charge in [-0.1, -0.05) is 6.07 Å². The van der Waals surface area contributed by atoms with Crippen LogP contribution >= 0.6 is 0 Å². The molecule has 1 aliphatic heterocycles. The van der Waals surface area contributed by atoms with Crippen molar-refractivity contribution in [2.45, 2.75) is 19.3 Å². The van der Waals surface area contributed by atoms with Crippen molar-refractivity contribution in [3.8, 4) is 11.5 Å². The minimum absolute atomic E-state index is 0.0247. The summed E-state index contributed by atoms with van der Waals surface area (Å²) in [7, 11) is 3.10. The van der Waals surface area contributed by atoms with Crippen LogP contribution in [0, 0.1) is 0 Å². The average Bonchev–Trinajstić information content (AvgIpc) is 2.73. The van der Waals surface area contributed by atoms with Crippen molar-refractivity contribution in [3.63, 3.8) is 0 Å². The van der Waals surface area contributed by atoms with Gasteiger partial charge in [-0.05, 0) is 49.6 Å². The zero-order chi connectivity index (χ0) is 19.2. The Hall–Kier alpha value is -3.02. The summed E-state index contributed by atoms with van der Waals surface area (Å²) in [5.74, 6) is 0.808. The molecule has 0 radical (unpaired) electrons. The number of nitrogens with one attached hydrogen (secondary N) is 1. The maximum Gasteiger partial charge on any atom is 0.255 e. The highest BCUT2D eigenvalue weighted by Crippen LogP contribution is 2.29. The predicted octanol–water partition coefficient (Wildman–Crippen LogP) is 3.58. The molecule has 2 aromatic carbocycles. The minimum Gasteiger partial charge on any atom is -0.497 e. The van der Waals surface area contributed by atoms with Crippen LogP contribution in [0.5, 0.6) is 11.5 Å². The van der Waals surface area contributed by atoms with Gasteiger partial charge in [0, 0.05) is 30.3 Å². The van der Waals surface area contributed by atoms with Gasteiger partial charge in [0.2, 0.25) is 0 Å². The number of anilines is 1. The van der Waals surface area contributed by atoms with Crippen LogP contribution in [-0.4, -0.2) is 44.0 Å². The monoisotopic (exact) mass is 368 g/mol. The van der Waals surface area contributed by atoms with Crippen LogP contribution < -0.4 is 14.8 Å². The van der Waals surface area contributed by atoms with Gasteiger partial charge in [0.25, 0.3) is 11.8 Å². The minimum atomic E-state index is -0.310. The number of carbonyl (C=O) groups is 2. The van der Waals surface area contributed by atoms with Crippen LogP contribution in [0.4, 0.5) is 5.69 Å². The van der Waals surface area contributed by atoms with Gasteiger partial charge >= 0.3 is 0 Å². The van der Waals surface area contributed by atoms with E-state index in [0.717, 1.165) is 32.4 Å². The number of hydrogen-bond donors (Lipinski definition) is 1. The maximum absolute atomic E-state index is 12.7. The second-order valence-electron chi connectivity index (χ2n) is 6.45. The van der Waals surface area contributed by atoms with Gasteiger partial charge in [-0.15, -0.1) is 0 Å². The Bertz CT molecular complexity index is 829. The molecule has 1 saturated heterocycles. The van der Waals surface area contributed by atoms with Crippen LogP contribution in [0.2, 0.25) is 0 Å². The molecule has 0 aliphatic carbocycles. The zero-order valence-electron chi connectivity index (χ0n) is 15.7. The van der Waals surface area contributed by atoms with Crippen molar-refractivity contribution in [1.82, 2.24) is 4.90 Å². The summed E-state index contributed by atoms with van der Waals surface area (Å²) in [4.78, 5) is 27.2. The van der Waals surface area contributed by atoms with Crippen LogP contribution in [0.3, 0.4) is 0 Å². The molecule has 1 aliphatic rings. The smallest absolute Gasteiger partial charge is 0.255 e. The number of benzene rings is 2. The number of likely N-dealkylation sites (tertiary alicyclic amines) is 1. The number of piperidine rings is 1. The lowest BCUT2D eigenvalue weighted by Crippen LogP contribution is -2.35. The first kappa shape index (κ1) is 18.8. The SMILES string of the molecule is COc1ccc(OC)c(NC(=O)c2cccc(C(=O)N3CCCCC3)c2)c1. The largest absolute Gasteiger partial charge is 0.497 e. The van der Waals surface area contributed by atoms with E-state index in [1.165, 1.54) is 7.11 Å². The molecule has 1 N–H and O–H groups in total. The number of hydrogen-bond acceptors (Lipinski definition) is 4. The number of ether oxygens (including phenoxy) is 2. The fraction of sp³-hybridized carbons (Fsp3) is 0.333. The first-order chi connectivity index (χ1) is 13.1. The molecule has 1 heterocycles. The molecular weight excluding hydrogens is 344 g/mol. The van der Waals surface area contributed by atoms with Gasteiger partial charge in [-0.25, -0.2) is 0 Å². The van der Waals surface area contributed by atoms with Crippen LogP contribution in [0.25, 0.3) is 0 Å². The molecule has 0 bridgehead atoms. The van der Waals surface area contributed by atoms with Crippen molar-refractivity contribution in [2.24, 2.45) is 0 Å². The highest BCUT2D eigenvalue weighted by atomic mass is 16.5. The molecule has 0 saturated carbocycles. The second kappa shape index (κ2) is 8.58. The van der Waals surface area contributed by atoms with Gasteiger partial charge in [-0.3, -0.25) is 9.59 Å². The number of rotatable bonds is 5. The van der Waals surface area contributed by atoms with Crippen molar-refractivity contribution in [1.29, 1.82) is 0 Å². The molecule has 3 rings (SSSR count). The number of methoxy groups -OCH3 is 2. The number of amides is 2. The molecule has 0 unspecified atom stereocenters. The van der Waals surface area contributed by atoms with E-state index in [1.807, 2.05) is 4.90 Å². The van der Waals surface area contributed by atoms with Crippen molar-refractivity contribution in [3.05, 3.63) is 53.6 Å². The predicted molar refractivity (Wildman–Crippen MR) is 104 cm³/mol. The fourth-order valence-corrected chi connectivity index (χ4v) is 3.18. The Labute approximate surface area is 159 Å². The lowest BCUT2D eigenvalue weighted by Gasteiger charge is -2.26. The Kier molecular flexibility index (Phi) is 5.96. The van der Waals surface area contributed by atoms with E-state index >= 15 is 0 Å². The highest BCUT2D eigenvalue weighted by molar-refractivity contribution is 6.06. The third kappa shape index (κ3) is 4.39. The molecule has 6 heteroatoms. The van der Waals surface area contributed by atoms with E-state index in [1.54, 1.807) is 49.6 Å². The average molecular weight is 368 g/mol. The fourth-order valence-electron chi connectivity index (χ4n) is 3.18. The topological polar surface area (TPSA) is 67.9 Å². The summed E-state index contributed by atoms with van der Waals surface area (Å²) in [5.41, 5.74) is 1.46. The molecule has 6 nitrogen and oxygen atoms in total. The summed E-state index contributed by atoms with van der Waals surface area (Å²) in [6.45, 7) is 1.55. The van der Waals surface area contributed by atoms with Gasteiger partial charge in [-0.2, -0.15) is 0 Å². The Morgan fingerprint density at radius 1 is 0.926 bits per heavy atom.